The smallest absolute Gasteiger partial charge is 0.275 e. The maximum atomic E-state index is 11.9. The van der Waals surface area contributed by atoms with Crippen molar-refractivity contribution in [1.29, 1.82) is 0 Å². The lowest BCUT2D eigenvalue weighted by molar-refractivity contribution is 0.0952. The largest absolute Gasteiger partial charge is 0.507 e. The highest BCUT2D eigenvalue weighted by Gasteiger charge is 2.08. The Bertz CT molecular complexity index is 938. The molecule has 0 spiro atoms. The fourth-order valence-corrected chi connectivity index (χ4v) is 2.41. The Labute approximate surface area is 161 Å². The molecule has 6 heteroatoms. The van der Waals surface area contributed by atoms with Crippen molar-refractivity contribution in [2.24, 2.45) is 5.10 Å². The van der Waals surface area contributed by atoms with Crippen LogP contribution in [-0.4, -0.2) is 17.2 Å². The lowest BCUT2D eigenvalue weighted by Crippen LogP contribution is -2.17. The van der Waals surface area contributed by atoms with Crippen LogP contribution < -0.4 is 10.2 Å². The summed E-state index contributed by atoms with van der Waals surface area (Å²) in [7, 11) is 0. The van der Waals surface area contributed by atoms with Gasteiger partial charge in [0.15, 0.2) is 0 Å². The molecule has 0 atom stereocenters. The Kier molecular flexibility index (Phi) is 6.07. The van der Waals surface area contributed by atoms with Gasteiger partial charge in [0, 0.05) is 5.02 Å². The molecular weight excluding hydrogens is 364 g/mol. The van der Waals surface area contributed by atoms with Crippen molar-refractivity contribution in [3.63, 3.8) is 0 Å². The molecule has 0 aliphatic rings. The number of ether oxygens (including phenoxy) is 1. The molecule has 0 bridgehead atoms. The number of phenolic OH excluding ortho intramolecular Hbond substituents is 1. The summed E-state index contributed by atoms with van der Waals surface area (Å²) >= 11 is 5.86. The first-order chi connectivity index (χ1) is 13.1. The summed E-state index contributed by atoms with van der Waals surface area (Å²) in [6.45, 7) is 0.446. The molecule has 0 fully saturated rings. The van der Waals surface area contributed by atoms with Gasteiger partial charge >= 0.3 is 0 Å². The minimum Gasteiger partial charge on any atom is -0.507 e. The average molecular weight is 381 g/mol. The second-order valence-electron chi connectivity index (χ2n) is 5.70. The second kappa shape index (κ2) is 8.87. The Hall–Kier alpha value is -3.31. The van der Waals surface area contributed by atoms with Crippen molar-refractivity contribution in [3.8, 4) is 11.5 Å². The van der Waals surface area contributed by atoms with Crippen LogP contribution in [-0.2, 0) is 6.61 Å². The minimum absolute atomic E-state index is 0.0904. The third-order valence-electron chi connectivity index (χ3n) is 3.73. The molecule has 2 N–H and O–H groups in total. The van der Waals surface area contributed by atoms with Crippen molar-refractivity contribution in [1.82, 2.24) is 5.43 Å². The van der Waals surface area contributed by atoms with Gasteiger partial charge in [-0.15, -0.1) is 0 Å². The number of amides is 1. The number of rotatable bonds is 6. The van der Waals surface area contributed by atoms with Gasteiger partial charge in [0.2, 0.25) is 0 Å². The number of nitrogens with one attached hydrogen (secondary N) is 1. The van der Waals surface area contributed by atoms with Crippen LogP contribution in [0, 0.1) is 0 Å². The Morgan fingerprint density at radius 1 is 1.04 bits per heavy atom. The normalized spacial score (nSPS) is 10.7. The van der Waals surface area contributed by atoms with Crippen molar-refractivity contribution >= 4 is 23.7 Å². The predicted molar refractivity (Wildman–Crippen MR) is 105 cm³/mol. The van der Waals surface area contributed by atoms with Gasteiger partial charge in [0.25, 0.3) is 5.91 Å². The van der Waals surface area contributed by atoms with Crippen LogP contribution in [0.15, 0.2) is 77.9 Å². The van der Waals surface area contributed by atoms with E-state index in [1.165, 1.54) is 18.3 Å². The number of carbonyl (C=O) groups excluding carboxylic acids is 1. The highest BCUT2D eigenvalue weighted by Crippen LogP contribution is 2.16. The number of phenols is 1. The number of carbonyl (C=O) groups is 1. The zero-order chi connectivity index (χ0) is 19.1. The van der Waals surface area contributed by atoms with E-state index in [4.69, 9.17) is 16.3 Å². The van der Waals surface area contributed by atoms with Gasteiger partial charge in [-0.2, -0.15) is 5.10 Å². The Morgan fingerprint density at radius 3 is 2.44 bits per heavy atom. The molecule has 3 aromatic carbocycles. The summed E-state index contributed by atoms with van der Waals surface area (Å²) in [6, 6.07) is 21.0. The van der Waals surface area contributed by atoms with Crippen LogP contribution >= 0.6 is 11.6 Å². The SMILES string of the molecule is O=C(NN=Cc1ccc(OCc2ccc(Cl)cc2)cc1)c1ccccc1O. The summed E-state index contributed by atoms with van der Waals surface area (Å²) in [5, 5.41) is 14.2. The summed E-state index contributed by atoms with van der Waals surface area (Å²) in [4.78, 5) is 11.9. The molecule has 0 unspecified atom stereocenters. The summed E-state index contributed by atoms with van der Waals surface area (Å²) < 4.78 is 5.72. The average Bonchev–Trinajstić information content (AvgIpc) is 2.69. The van der Waals surface area contributed by atoms with Crippen LogP contribution in [0.25, 0.3) is 0 Å². The molecule has 0 aliphatic carbocycles. The molecule has 0 aliphatic heterocycles. The van der Waals surface area contributed by atoms with E-state index in [1.807, 2.05) is 48.5 Å². The van der Waals surface area contributed by atoms with Crippen LogP contribution in [0.3, 0.4) is 0 Å². The van der Waals surface area contributed by atoms with Gasteiger partial charge in [0.05, 0.1) is 11.8 Å². The van der Waals surface area contributed by atoms with Crippen LogP contribution in [0.1, 0.15) is 21.5 Å². The summed E-state index contributed by atoms with van der Waals surface area (Å²) in [6.07, 6.45) is 1.51. The van der Waals surface area contributed by atoms with Crippen LogP contribution in [0.2, 0.25) is 5.02 Å². The number of benzene rings is 3. The standard InChI is InChI=1S/C21H17ClN2O3/c22-17-9-5-16(6-10-17)14-27-18-11-7-15(8-12-18)13-23-24-21(26)19-3-1-2-4-20(19)25/h1-13,25H,14H2,(H,24,26). The van der Waals surface area contributed by atoms with E-state index in [0.29, 0.717) is 11.6 Å². The van der Waals surface area contributed by atoms with E-state index in [2.05, 4.69) is 10.5 Å². The fourth-order valence-electron chi connectivity index (χ4n) is 2.29. The molecule has 0 heterocycles. The Morgan fingerprint density at radius 2 is 1.74 bits per heavy atom. The lowest BCUT2D eigenvalue weighted by atomic mass is 10.2. The first kappa shape index (κ1) is 18.5. The number of hydrogen-bond donors (Lipinski definition) is 2. The molecule has 5 nitrogen and oxygen atoms in total. The van der Waals surface area contributed by atoms with Gasteiger partial charge in [-0.3, -0.25) is 4.79 Å². The number of nitrogens with zero attached hydrogens (tertiary/aromatic N) is 1. The van der Waals surface area contributed by atoms with E-state index in [9.17, 15) is 9.90 Å². The van der Waals surface area contributed by atoms with Crippen LogP contribution in [0.5, 0.6) is 11.5 Å². The lowest BCUT2D eigenvalue weighted by Gasteiger charge is -2.06. The summed E-state index contributed by atoms with van der Waals surface area (Å²) in [5.41, 5.74) is 4.37. The fraction of sp³-hybridized carbons (Fsp3) is 0.0476. The highest BCUT2D eigenvalue weighted by molar-refractivity contribution is 6.30. The molecular formula is C21H17ClN2O3. The van der Waals surface area contributed by atoms with E-state index in [-0.39, 0.29) is 11.3 Å². The molecule has 0 saturated carbocycles. The molecule has 0 radical (unpaired) electrons. The molecule has 0 aromatic heterocycles. The zero-order valence-electron chi connectivity index (χ0n) is 14.3. The van der Waals surface area contributed by atoms with Gasteiger partial charge in [-0.25, -0.2) is 5.43 Å². The molecule has 3 aromatic rings. The van der Waals surface area contributed by atoms with Crippen molar-refractivity contribution in [2.75, 3.05) is 0 Å². The predicted octanol–water partition coefficient (Wildman–Crippen LogP) is 4.39. The first-order valence-corrected chi connectivity index (χ1v) is 8.58. The third-order valence-corrected chi connectivity index (χ3v) is 3.98. The number of halogens is 1. The second-order valence-corrected chi connectivity index (χ2v) is 6.14. The van der Waals surface area contributed by atoms with Crippen molar-refractivity contribution < 1.29 is 14.6 Å². The first-order valence-electron chi connectivity index (χ1n) is 8.20. The number of hydrogen-bond acceptors (Lipinski definition) is 4. The summed E-state index contributed by atoms with van der Waals surface area (Å²) in [5.74, 6) is 0.153. The van der Waals surface area contributed by atoms with E-state index >= 15 is 0 Å². The molecule has 3 rings (SSSR count). The molecule has 0 saturated heterocycles. The molecule has 27 heavy (non-hydrogen) atoms. The van der Waals surface area contributed by atoms with E-state index in [1.54, 1.807) is 12.1 Å². The number of hydrazone groups is 1. The van der Waals surface area contributed by atoms with Gasteiger partial charge < -0.3 is 9.84 Å². The van der Waals surface area contributed by atoms with Gasteiger partial charge in [0.1, 0.15) is 18.1 Å². The molecule has 136 valence electrons. The van der Waals surface area contributed by atoms with E-state index < -0.39 is 5.91 Å². The van der Waals surface area contributed by atoms with Crippen LogP contribution in [0.4, 0.5) is 0 Å². The van der Waals surface area contributed by atoms with Crippen molar-refractivity contribution in [2.45, 2.75) is 6.61 Å². The zero-order valence-corrected chi connectivity index (χ0v) is 15.1. The van der Waals surface area contributed by atoms with Gasteiger partial charge in [-0.1, -0.05) is 35.9 Å². The van der Waals surface area contributed by atoms with Gasteiger partial charge in [-0.05, 0) is 59.7 Å². The number of para-hydroxylation sites is 1. The third kappa shape index (κ3) is 5.33. The number of aromatic hydroxyl groups is 1. The quantitative estimate of drug-likeness (QED) is 0.492. The highest BCUT2D eigenvalue weighted by atomic mass is 35.5. The maximum absolute atomic E-state index is 11.9. The maximum Gasteiger partial charge on any atom is 0.275 e. The van der Waals surface area contributed by atoms with Crippen molar-refractivity contribution in [3.05, 3.63) is 94.5 Å². The monoisotopic (exact) mass is 380 g/mol. The Balaban J connectivity index is 1.52. The minimum atomic E-state index is -0.479. The topological polar surface area (TPSA) is 70.9 Å². The molecule has 1 amide bonds. The van der Waals surface area contributed by atoms with E-state index in [0.717, 1.165) is 16.9 Å².